The predicted molar refractivity (Wildman–Crippen MR) is 97.6 cm³/mol. The molecule has 2 heterocycles. The van der Waals surface area contributed by atoms with Crippen LogP contribution in [0.15, 0.2) is 47.3 Å². The van der Waals surface area contributed by atoms with Gasteiger partial charge in [0.05, 0.1) is 16.9 Å². The Morgan fingerprint density at radius 1 is 1.21 bits per heavy atom. The number of benzene rings is 2. The Labute approximate surface area is 141 Å². The summed E-state index contributed by atoms with van der Waals surface area (Å²) in [6.07, 6.45) is 2.24. The molecule has 0 bridgehead atoms. The molecule has 1 aromatic heterocycles. The first-order chi connectivity index (χ1) is 11.6. The van der Waals surface area contributed by atoms with Crippen molar-refractivity contribution in [2.75, 3.05) is 11.4 Å². The lowest BCUT2D eigenvalue weighted by Crippen LogP contribution is -2.34. The van der Waals surface area contributed by atoms with Gasteiger partial charge >= 0.3 is 0 Å². The van der Waals surface area contributed by atoms with Crippen LogP contribution in [0.25, 0.3) is 10.9 Å². The Bertz CT molecular complexity index is 961. The minimum Gasteiger partial charge on any atom is -0.361 e. The van der Waals surface area contributed by atoms with Crippen LogP contribution < -0.4 is 10.5 Å². The maximum atomic E-state index is 12.4. The summed E-state index contributed by atoms with van der Waals surface area (Å²) in [5.41, 5.74) is 4.62. The monoisotopic (exact) mass is 319 g/mol. The fraction of sp³-hybridized carbons (Fsp3) is 0.300. The van der Waals surface area contributed by atoms with E-state index in [9.17, 15) is 4.79 Å². The molecule has 0 unspecified atom stereocenters. The van der Waals surface area contributed by atoms with Crippen molar-refractivity contribution in [3.63, 3.8) is 0 Å². The molecule has 1 aliphatic heterocycles. The minimum atomic E-state index is -0.0661. The molecule has 4 nitrogen and oxygen atoms in total. The summed E-state index contributed by atoms with van der Waals surface area (Å²) in [4.78, 5) is 22.4. The number of hydrogen-bond acceptors (Lipinski definition) is 3. The summed E-state index contributed by atoms with van der Waals surface area (Å²) in [6, 6.07) is 14.1. The van der Waals surface area contributed by atoms with Gasteiger partial charge in [0.25, 0.3) is 5.56 Å². The first-order valence-corrected chi connectivity index (χ1v) is 8.48. The van der Waals surface area contributed by atoms with Crippen LogP contribution in [0.1, 0.15) is 36.3 Å². The molecular weight excluding hydrogens is 298 g/mol. The van der Waals surface area contributed by atoms with Gasteiger partial charge in [-0.2, -0.15) is 0 Å². The summed E-state index contributed by atoms with van der Waals surface area (Å²) >= 11 is 0. The lowest BCUT2D eigenvalue weighted by Gasteiger charge is -2.36. The van der Waals surface area contributed by atoms with Crippen LogP contribution >= 0.6 is 0 Å². The average Bonchev–Trinajstić information content (AvgIpc) is 2.60. The van der Waals surface area contributed by atoms with Crippen LogP contribution in [0, 0.1) is 6.92 Å². The highest BCUT2D eigenvalue weighted by Crippen LogP contribution is 2.33. The molecule has 3 aromatic rings. The molecule has 122 valence electrons. The molecule has 0 amide bonds. The van der Waals surface area contributed by atoms with Crippen molar-refractivity contribution in [3.8, 4) is 0 Å². The standard InChI is InChI=1S/C20H21N3O/c1-13-9-10-18-15(12-13)6-5-11-23(18)14(2)19-21-17-8-4-3-7-16(17)20(24)22-19/h3-4,7-10,12,14H,5-6,11H2,1-2H3,(H,21,22,24)/t14-/m0/s1. The molecule has 4 rings (SSSR count). The molecule has 0 aliphatic carbocycles. The highest BCUT2D eigenvalue weighted by atomic mass is 16.1. The number of aromatic amines is 1. The Kier molecular flexibility index (Phi) is 3.60. The van der Waals surface area contributed by atoms with Crippen LogP contribution in [-0.2, 0) is 6.42 Å². The molecule has 1 atom stereocenters. The molecule has 0 radical (unpaired) electrons. The van der Waals surface area contributed by atoms with E-state index < -0.39 is 0 Å². The summed E-state index contributed by atoms with van der Waals surface area (Å²) in [6.45, 7) is 5.22. The van der Waals surface area contributed by atoms with Gasteiger partial charge in [0.15, 0.2) is 0 Å². The quantitative estimate of drug-likeness (QED) is 0.782. The third kappa shape index (κ3) is 2.48. The van der Waals surface area contributed by atoms with Crippen LogP contribution in [0.4, 0.5) is 5.69 Å². The molecule has 1 aliphatic rings. The number of anilines is 1. The van der Waals surface area contributed by atoms with Gasteiger partial charge in [-0.05, 0) is 50.5 Å². The van der Waals surface area contributed by atoms with E-state index >= 15 is 0 Å². The van der Waals surface area contributed by atoms with Crippen LogP contribution in [0.5, 0.6) is 0 Å². The molecule has 0 saturated heterocycles. The van der Waals surface area contributed by atoms with Gasteiger partial charge < -0.3 is 9.88 Å². The topological polar surface area (TPSA) is 49.0 Å². The molecule has 1 N–H and O–H groups in total. The zero-order chi connectivity index (χ0) is 16.7. The summed E-state index contributed by atoms with van der Waals surface area (Å²) < 4.78 is 0. The van der Waals surface area contributed by atoms with E-state index in [1.807, 2.05) is 24.3 Å². The summed E-state index contributed by atoms with van der Waals surface area (Å²) in [5, 5.41) is 0.642. The van der Waals surface area contributed by atoms with E-state index in [1.165, 1.54) is 16.8 Å². The molecule has 2 aromatic carbocycles. The third-order valence-electron chi connectivity index (χ3n) is 4.88. The van der Waals surface area contributed by atoms with E-state index in [0.717, 1.165) is 30.7 Å². The first-order valence-electron chi connectivity index (χ1n) is 8.48. The normalized spacial score (nSPS) is 15.3. The van der Waals surface area contributed by atoms with E-state index in [4.69, 9.17) is 4.98 Å². The van der Waals surface area contributed by atoms with Gasteiger partial charge in [-0.25, -0.2) is 4.98 Å². The largest absolute Gasteiger partial charge is 0.361 e. The lowest BCUT2D eigenvalue weighted by molar-refractivity contribution is 0.591. The number of H-pyrrole nitrogens is 1. The van der Waals surface area contributed by atoms with Gasteiger partial charge in [0.2, 0.25) is 0 Å². The minimum absolute atomic E-state index is 0.0315. The Morgan fingerprint density at radius 2 is 2.04 bits per heavy atom. The molecule has 0 saturated carbocycles. The number of fused-ring (bicyclic) bond motifs is 2. The van der Waals surface area contributed by atoms with Gasteiger partial charge in [0, 0.05) is 12.2 Å². The molecule has 4 heteroatoms. The molecule has 0 spiro atoms. The van der Waals surface area contributed by atoms with Crippen molar-refractivity contribution in [3.05, 3.63) is 69.8 Å². The van der Waals surface area contributed by atoms with E-state index in [2.05, 4.69) is 41.9 Å². The summed E-state index contributed by atoms with van der Waals surface area (Å²) in [7, 11) is 0. The van der Waals surface area contributed by atoms with E-state index in [-0.39, 0.29) is 11.6 Å². The second-order valence-electron chi connectivity index (χ2n) is 6.57. The molecule has 0 fully saturated rings. The number of nitrogens with one attached hydrogen (secondary N) is 1. The predicted octanol–water partition coefficient (Wildman–Crippen LogP) is 3.75. The van der Waals surface area contributed by atoms with Crippen molar-refractivity contribution in [1.29, 1.82) is 0 Å². The van der Waals surface area contributed by atoms with Crippen molar-refractivity contribution >= 4 is 16.6 Å². The first kappa shape index (κ1) is 14.9. The number of rotatable bonds is 2. The fourth-order valence-corrected chi connectivity index (χ4v) is 3.61. The van der Waals surface area contributed by atoms with E-state index in [0.29, 0.717) is 5.39 Å². The number of aromatic nitrogens is 2. The second-order valence-corrected chi connectivity index (χ2v) is 6.57. The lowest BCUT2D eigenvalue weighted by atomic mass is 9.98. The zero-order valence-corrected chi connectivity index (χ0v) is 14.0. The highest BCUT2D eigenvalue weighted by Gasteiger charge is 2.24. The van der Waals surface area contributed by atoms with Gasteiger partial charge in [0.1, 0.15) is 5.82 Å². The van der Waals surface area contributed by atoms with Gasteiger partial charge in [-0.3, -0.25) is 4.79 Å². The Balaban J connectivity index is 1.77. The number of nitrogens with zero attached hydrogens (tertiary/aromatic N) is 2. The maximum Gasteiger partial charge on any atom is 0.258 e. The fourth-order valence-electron chi connectivity index (χ4n) is 3.61. The van der Waals surface area contributed by atoms with E-state index in [1.54, 1.807) is 0 Å². The SMILES string of the molecule is Cc1ccc2c(c1)CCCN2[C@@H](C)c1nc2ccccc2c(=O)[nH]1. The average molecular weight is 319 g/mol. The van der Waals surface area contributed by atoms with Crippen molar-refractivity contribution in [1.82, 2.24) is 9.97 Å². The van der Waals surface area contributed by atoms with Crippen LogP contribution in [0.3, 0.4) is 0 Å². The number of para-hydroxylation sites is 1. The van der Waals surface area contributed by atoms with Crippen LogP contribution in [0.2, 0.25) is 0 Å². The third-order valence-corrected chi connectivity index (χ3v) is 4.88. The van der Waals surface area contributed by atoms with Crippen molar-refractivity contribution in [2.24, 2.45) is 0 Å². The maximum absolute atomic E-state index is 12.4. The van der Waals surface area contributed by atoms with Crippen molar-refractivity contribution < 1.29 is 0 Å². The van der Waals surface area contributed by atoms with Gasteiger partial charge in [-0.15, -0.1) is 0 Å². The smallest absolute Gasteiger partial charge is 0.258 e. The second kappa shape index (κ2) is 5.78. The number of aryl methyl sites for hydroxylation is 2. The Hall–Kier alpha value is -2.62. The molecule has 24 heavy (non-hydrogen) atoms. The molecular formula is C20H21N3O. The highest BCUT2D eigenvalue weighted by molar-refractivity contribution is 5.77. The van der Waals surface area contributed by atoms with Crippen LogP contribution in [-0.4, -0.2) is 16.5 Å². The number of hydrogen-bond donors (Lipinski definition) is 1. The van der Waals surface area contributed by atoms with Crippen molar-refractivity contribution in [2.45, 2.75) is 32.7 Å². The zero-order valence-electron chi connectivity index (χ0n) is 14.0. The van der Waals surface area contributed by atoms with Gasteiger partial charge in [-0.1, -0.05) is 29.8 Å². The summed E-state index contributed by atoms with van der Waals surface area (Å²) in [5.74, 6) is 0.729. The Morgan fingerprint density at radius 3 is 2.92 bits per heavy atom.